The molecule has 1 heterocycles. The predicted molar refractivity (Wildman–Crippen MR) is 101 cm³/mol. The molecular weight excluding hydrogens is 332 g/mol. The first-order valence-corrected chi connectivity index (χ1v) is 9.88. The van der Waals surface area contributed by atoms with Crippen LogP contribution in [-0.2, 0) is 17.9 Å². The minimum absolute atomic E-state index is 0.247. The van der Waals surface area contributed by atoms with Crippen molar-refractivity contribution >= 4 is 17.2 Å². The van der Waals surface area contributed by atoms with Crippen LogP contribution in [-0.4, -0.2) is 21.8 Å². The molecular formula is C20H26N2O2S. The zero-order valence-electron chi connectivity index (χ0n) is 15.2. The highest BCUT2D eigenvalue weighted by atomic mass is 32.1. The highest BCUT2D eigenvalue weighted by Crippen LogP contribution is 2.32. The average molecular weight is 359 g/mol. The Morgan fingerprint density at radius 1 is 1.36 bits per heavy atom. The van der Waals surface area contributed by atoms with E-state index in [4.69, 9.17) is 4.74 Å². The summed E-state index contributed by atoms with van der Waals surface area (Å²) >= 11 is 1.59. The Balaban J connectivity index is 1.59. The van der Waals surface area contributed by atoms with Gasteiger partial charge in [0.2, 0.25) is 5.91 Å². The van der Waals surface area contributed by atoms with Crippen molar-refractivity contribution in [2.75, 3.05) is 0 Å². The lowest BCUT2D eigenvalue weighted by molar-refractivity contribution is -0.135. The van der Waals surface area contributed by atoms with Gasteiger partial charge < -0.3 is 9.64 Å². The van der Waals surface area contributed by atoms with Crippen LogP contribution < -0.4 is 4.74 Å². The molecule has 0 aliphatic heterocycles. The number of benzene rings is 1. The van der Waals surface area contributed by atoms with Crippen LogP contribution in [0.25, 0.3) is 0 Å². The second-order valence-corrected chi connectivity index (χ2v) is 7.77. The molecule has 5 heteroatoms. The SMILES string of the molecule is CCC(C)N(Cc1csc(COc2ccc(C)cc2)n1)C(=O)C1CC1. The normalized spacial score (nSPS) is 15.0. The van der Waals surface area contributed by atoms with Crippen molar-refractivity contribution in [2.45, 2.75) is 59.2 Å². The minimum atomic E-state index is 0.247. The molecule has 0 bridgehead atoms. The van der Waals surface area contributed by atoms with Crippen LogP contribution in [0, 0.1) is 12.8 Å². The molecule has 25 heavy (non-hydrogen) atoms. The molecule has 0 N–H and O–H groups in total. The smallest absolute Gasteiger partial charge is 0.226 e. The lowest BCUT2D eigenvalue weighted by Gasteiger charge is -2.28. The molecule has 4 nitrogen and oxygen atoms in total. The van der Waals surface area contributed by atoms with Crippen LogP contribution in [0.15, 0.2) is 29.6 Å². The second-order valence-electron chi connectivity index (χ2n) is 6.83. The number of nitrogens with zero attached hydrogens (tertiary/aromatic N) is 2. The summed E-state index contributed by atoms with van der Waals surface area (Å²) in [5, 5.41) is 2.99. The predicted octanol–water partition coefficient (Wildman–Crippen LogP) is 4.57. The number of ether oxygens (including phenoxy) is 1. The van der Waals surface area contributed by atoms with Gasteiger partial charge in [0.15, 0.2) is 0 Å². The van der Waals surface area contributed by atoms with E-state index in [0.717, 1.165) is 35.7 Å². The number of carbonyl (C=O) groups is 1. The van der Waals surface area contributed by atoms with Gasteiger partial charge in [-0.3, -0.25) is 4.79 Å². The Labute approximate surface area is 153 Å². The van der Waals surface area contributed by atoms with Crippen molar-refractivity contribution in [3.63, 3.8) is 0 Å². The Morgan fingerprint density at radius 3 is 2.72 bits per heavy atom. The molecule has 0 radical (unpaired) electrons. The van der Waals surface area contributed by atoms with Crippen molar-refractivity contribution in [1.82, 2.24) is 9.88 Å². The van der Waals surface area contributed by atoms with E-state index in [1.54, 1.807) is 11.3 Å². The maximum atomic E-state index is 12.5. The molecule has 1 unspecified atom stereocenters. The maximum Gasteiger partial charge on any atom is 0.226 e. The number of thiazole rings is 1. The van der Waals surface area contributed by atoms with Crippen LogP contribution in [0.5, 0.6) is 5.75 Å². The zero-order valence-corrected chi connectivity index (χ0v) is 16.0. The fourth-order valence-corrected chi connectivity index (χ4v) is 3.37. The van der Waals surface area contributed by atoms with Gasteiger partial charge in [-0.2, -0.15) is 0 Å². The van der Waals surface area contributed by atoms with E-state index in [1.165, 1.54) is 5.56 Å². The Morgan fingerprint density at radius 2 is 2.08 bits per heavy atom. The molecule has 134 valence electrons. The lowest BCUT2D eigenvalue weighted by Crippen LogP contribution is -2.38. The molecule has 0 spiro atoms. The van der Waals surface area contributed by atoms with Crippen molar-refractivity contribution in [3.8, 4) is 5.75 Å². The van der Waals surface area contributed by atoms with Crippen LogP contribution in [0.1, 0.15) is 49.4 Å². The molecule has 3 rings (SSSR count). The third-order valence-corrected chi connectivity index (χ3v) is 5.52. The number of aryl methyl sites for hydroxylation is 1. The summed E-state index contributed by atoms with van der Waals surface area (Å²) in [6.07, 6.45) is 3.04. The lowest BCUT2D eigenvalue weighted by atomic mass is 10.2. The van der Waals surface area contributed by atoms with Gasteiger partial charge in [0, 0.05) is 17.3 Å². The fraction of sp³-hybridized carbons (Fsp3) is 0.500. The monoisotopic (exact) mass is 358 g/mol. The number of hydrogen-bond donors (Lipinski definition) is 0. The number of carbonyl (C=O) groups excluding carboxylic acids is 1. The minimum Gasteiger partial charge on any atom is -0.486 e. The highest BCUT2D eigenvalue weighted by Gasteiger charge is 2.35. The first-order chi connectivity index (χ1) is 12.1. The quantitative estimate of drug-likeness (QED) is 0.694. The largest absolute Gasteiger partial charge is 0.486 e. The van der Waals surface area contributed by atoms with E-state index in [2.05, 4.69) is 25.8 Å². The van der Waals surface area contributed by atoms with E-state index in [1.807, 2.05) is 34.5 Å². The van der Waals surface area contributed by atoms with E-state index < -0.39 is 0 Å². The summed E-state index contributed by atoms with van der Waals surface area (Å²) in [7, 11) is 0. The van der Waals surface area contributed by atoms with Crippen LogP contribution >= 0.6 is 11.3 Å². The Hall–Kier alpha value is -1.88. The number of amides is 1. The van der Waals surface area contributed by atoms with Gasteiger partial charge in [-0.05, 0) is 45.2 Å². The molecule has 2 aromatic rings. The van der Waals surface area contributed by atoms with Crippen molar-refractivity contribution < 1.29 is 9.53 Å². The Kier molecular flexibility index (Phi) is 5.74. The van der Waals surface area contributed by atoms with Crippen LogP contribution in [0.3, 0.4) is 0 Å². The van der Waals surface area contributed by atoms with Crippen molar-refractivity contribution in [1.29, 1.82) is 0 Å². The summed E-state index contributed by atoms with van der Waals surface area (Å²) < 4.78 is 5.80. The molecule has 1 aromatic carbocycles. The maximum absolute atomic E-state index is 12.5. The first-order valence-electron chi connectivity index (χ1n) is 9.00. The average Bonchev–Trinajstić information content (AvgIpc) is 3.38. The van der Waals surface area contributed by atoms with E-state index >= 15 is 0 Å². The molecule has 1 fully saturated rings. The third-order valence-electron chi connectivity index (χ3n) is 4.65. The number of hydrogen-bond acceptors (Lipinski definition) is 4. The summed E-state index contributed by atoms with van der Waals surface area (Å²) in [6, 6.07) is 8.28. The molecule has 1 amide bonds. The standard InChI is InChI=1S/C20H26N2O2S/c1-4-15(3)22(20(23)16-7-8-16)11-17-13-25-19(21-17)12-24-18-9-5-14(2)6-10-18/h5-6,9-10,13,15-16H,4,7-8,11-12H2,1-3H3. The van der Waals surface area contributed by atoms with Crippen molar-refractivity contribution in [2.24, 2.45) is 5.92 Å². The van der Waals surface area contributed by atoms with E-state index in [9.17, 15) is 4.79 Å². The second kappa shape index (κ2) is 8.00. The van der Waals surface area contributed by atoms with E-state index in [-0.39, 0.29) is 12.0 Å². The van der Waals surface area contributed by atoms with E-state index in [0.29, 0.717) is 19.1 Å². The van der Waals surface area contributed by atoms with Crippen LogP contribution in [0.4, 0.5) is 0 Å². The van der Waals surface area contributed by atoms with Gasteiger partial charge in [-0.15, -0.1) is 11.3 Å². The topological polar surface area (TPSA) is 42.4 Å². The molecule has 1 saturated carbocycles. The van der Waals surface area contributed by atoms with Gasteiger partial charge in [0.25, 0.3) is 0 Å². The first kappa shape index (κ1) is 17.9. The number of rotatable bonds is 8. The summed E-state index contributed by atoms with van der Waals surface area (Å²) in [5.74, 6) is 1.39. The molecule has 0 saturated heterocycles. The zero-order chi connectivity index (χ0) is 17.8. The summed E-state index contributed by atoms with van der Waals surface area (Å²) in [5.41, 5.74) is 2.18. The van der Waals surface area contributed by atoms with Gasteiger partial charge in [-0.25, -0.2) is 4.98 Å². The summed E-state index contributed by atoms with van der Waals surface area (Å²) in [6.45, 7) is 7.37. The molecule has 1 aliphatic carbocycles. The fourth-order valence-electron chi connectivity index (χ4n) is 2.68. The van der Waals surface area contributed by atoms with Crippen molar-refractivity contribution in [3.05, 3.63) is 45.9 Å². The van der Waals surface area contributed by atoms with Gasteiger partial charge in [-0.1, -0.05) is 24.6 Å². The molecule has 1 atom stereocenters. The highest BCUT2D eigenvalue weighted by molar-refractivity contribution is 7.09. The number of aromatic nitrogens is 1. The Bertz CT molecular complexity index is 707. The molecule has 1 aliphatic rings. The third kappa shape index (κ3) is 4.82. The van der Waals surface area contributed by atoms with Crippen LogP contribution in [0.2, 0.25) is 0 Å². The van der Waals surface area contributed by atoms with Gasteiger partial charge in [0.1, 0.15) is 17.4 Å². The van der Waals surface area contributed by atoms with Gasteiger partial charge in [0.05, 0.1) is 12.2 Å². The van der Waals surface area contributed by atoms with Gasteiger partial charge >= 0.3 is 0 Å². The molecule has 1 aromatic heterocycles. The summed E-state index contributed by atoms with van der Waals surface area (Å²) in [4.78, 5) is 19.2.